The lowest BCUT2D eigenvalue weighted by atomic mass is 10.1. The molecule has 1 unspecified atom stereocenters. The van der Waals surface area contributed by atoms with E-state index in [0.717, 1.165) is 6.07 Å². The first-order valence-electron chi connectivity index (χ1n) is 4.01. The average molecular weight is 185 g/mol. The number of hydrogen-bond acceptors (Lipinski definition) is 2. The van der Waals surface area contributed by atoms with Crippen molar-refractivity contribution in [2.45, 2.75) is 6.04 Å². The monoisotopic (exact) mass is 185 g/mol. The molecule has 0 radical (unpaired) electrons. The first-order chi connectivity index (χ1) is 6.22. The molecule has 0 bridgehead atoms. The predicted molar refractivity (Wildman–Crippen MR) is 43.7 cm³/mol. The molecule has 4 heteroatoms. The molecule has 2 rings (SSSR count). The molecule has 0 saturated heterocycles. The van der Waals surface area contributed by atoms with E-state index in [-0.39, 0.29) is 6.04 Å². The molecule has 1 heterocycles. The summed E-state index contributed by atoms with van der Waals surface area (Å²) in [6.07, 6.45) is 0. The Morgan fingerprint density at radius 2 is 2.23 bits per heavy atom. The Bertz CT molecular complexity index is 341. The highest BCUT2D eigenvalue weighted by Gasteiger charge is 2.27. The van der Waals surface area contributed by atoms with Crippen LogP contribution in [-0.2, 0) is 0 Å². The van der Waals surface area contributed by atoms with E-state index in [1.165, 1.54) is 6.07 Å². The minimum Gasteiger partial charge on any atom is -0.491 e. The molecule has 0 aliphatic carbocycles. The zero-order valence-electron chi connectivity index (χ0n) is 7.10. The van der Waals surface area contributed by atoms with Crippen LogP contribution in [0.1, 0.15) is 11.6 Å². The lowest BCUT2D eigenvalue weighted by molar-refractivity contribution is 0.317. The van der Waals surface area contributed by atoms with Gasteiger partial charge in [0.2, 0.25) is 0 Å². The van der Waals surface area contributed by atoms with E-state index in [1.54, 1.807) is 7.05 Å². The molecule has 0 aromatic heterocycles. The summed E-state index contributed by atoms with van der Waals surface area (Å²) in [6.45, 7) is 0.353. The van der Waals surface area contributed by atoms with Crippen molar-refractivity contribution in [3.8, 4) is 5.75 Å². The second kappa shape index (κ2) is 2.96. The minimum atomic E-state index is -0.604. The fourth-order valence-corrected chi connectivity index (χ4v) is 1.50. The third-order valence-corrected chi connectivity index (χ3v) is 2.16. The Balaban J connectivity index is 2.51. The van der Waals surface area contributed by atoms with Gasteiger partial charge in [-0.1, -0.05) is 0 Å². The lowest BCUT2D eigenvalue weighted by Crippen LogP contribution is -2.18. The second-order valence-corrected chi connectivity index (χ2v) is 2.95. The van der Waals surface area contributed by atoms with E-state index in [9.17, 15) is 8.78 Å². The number of halogens is 2. The smallest absolute Gasteiger partial charge is 0.134 e. The highest BCUT2D eigenvalue weighted by molar-refractivity contribution is 5.40. The van der Waals surface area contributed by atoms with Gasteiger partial charge in [-0.15, -0.1) is 0 Å². The molecule has 70 valence electrons. The summed E-state index contributed by atoms with van der Waals surface area (Å²) in [5, 5.41) is 2.89. The molecule has 1 aromatic rings. The van der Waals surface area contributed by atoms with Crippen LogP contribution in [0.25, 0.3) is 0 Å². The molecule has 13 heavy (non-hydrogen) atoms. The molecule has 0 saturated carbocycles. The maximum Gasteiger partial charge on any atom is 0.134 e. The predicted octanol–water partition coefficient (Wildman–Crippen LogP) is 1.62. The van der Waals surface area contributed by atoms with Gasteiger partial charge in [-0.2, -0.15) is 0 Å². The van der Waals surface area contributed by atoms with Gasteiger partial charge in [0.05, 0.1) is 11.6 Å². The minimum absolute atomic E-state index is 0.171. The van der Waals surface area contributed by atoms with Gasteiger partial charge in [0.1, 0.15) is 24.0 Å². The first-order valence-corrected chi connectivity index (χ1v) is 4.01. The summed E-state index contributed by atoms with van der Waals surface area (Å²) in [7, 11) is 1.71. The van der Waals surface area contributed by atoms with Gasteiger partial charge in [-0.25, -0.2) is 8.78 Å². The van der Waals surface area contributed by atoms with Gasteiger partial charge in [-0.3, -0.25) is 0 Å². The maximum absolute atomic E-state index is 13.2. The number of rotatable bonds is 1. The Labute approximate surface area is 74.5 Å². The quantitative estimate of drug-likeness (QED) is 0.717. The van der Waals surface area contributed by atoms with Crippen molar-refractivity contribution in [1.82, 2.24) is 5.32 Å². The highest BCUT2D eigenvalue weighted by atomic mass is 19.1. The summed E-state index contributed by atoms with van der Waals surface area (Å²) < 4.78 is 31.1. The van der Waals surface area contributed by atoms with Crippen LogP contribution in [-0.4, -0.2) is 13.7 Å². The van der Waals surface area contributed by atoms with Crippen LogP contribution < -0.4 is 10.1 Å². The molecule has 1 N–H and O–H groups in total. The van der Waals surface area contributed by atoms with Gasteiger partial charge in [0.25, 0.3) is 0 Å². The van der Waals surface area contributed by atoms with Crippen molar-refractivity contribution in [2.75, 3.05) is 13.7 Å². The van der Waals surface area contributed by atoms with Gasteiger partial charge in [0.15, 0.2) is 0 Å². The van der Waals surface area contributed by atoms with Crippen LogP contribution in [0.4, 0.5) is 8.78 Å². The fourth-order valence-electron chi connectivity index (χ4n) is 1.50. The molecule has 1 atom stereocenters. The van der Waals surface area contributed by atoms with Crippen LogP contribution in [0, 0.1) is 11.6 Å². The Morgan fingerprint density at radius 3 is 2.92 bits per heavy atom. The zero-order chi connectivity index (χ0) is 9.42. The fraction of sp³-hybridized carbons (Fsp3) is 0.333. The van der Waals surface area contributed by atoms with Crippen molar-refractivity contribution in [1.29, 1.82) is 0 Å². The third kappa shape index (κ3) is 1.27. The molecule has 1 aliphatic rings. The second-order valence-electron chi connectivity index (χ2n) is 2.95. The summed E-state index contributed by atoms with van der Waals surface area (Å²) in [5.74, 6) is -0.850. The zero-order valence-corrected chi connectivity index (χ0v) is 7.10. The summed E-state index contributed by atoms with van der Waals surface area (Å²) in [4.78, 5) is 0. The maximum atomic E-state index is 13.2. The largest absolute Gasteiger partial charge is 0.491 e. The van der Waals surface area contributed by atoms with E-state index in [1.807, 2.05) is 0 Å². The van der Waals surface area contributed by atoms with Crippen molar-refractivity contribution < 1.29 is 13.5 Å². The number of hydrogen-bond donors (Lipinski definition) is 1. The van der Waals surface area contributed by atoms with E-state index in [4.69, 9.17) is 4.74 Å². The summed E-state index contributed by atoms with van der Waals surface area (Å²) >= 11 is 0. The van der Waals surface area contributed by atoms with E-state index < -0.39 is 11.6 Å². The standard InChI is InChI=1S/C9H9F2NO/c1-12-7-4-13-8-3-5(10)2-6(11)9(7)8/h2-3,7,12H,4H2,1H3. The normalized spacial score (nSPS) is 19.8. The average Bonchev–Trinajstić information content (AvgIpc) is 2.47. The van der Waals surface area contributed by atoms with Crippen LogP contribution >= 0.6 is 0 Å². The molecule has 1 aromatic carbocycles. The van der Waals surface area contributed by atoms with E-state index >= 15 is 0 Å². The molecular formula is C9H9F2NO. The van der Waals surface area contributed by atoms with Gasteiger partial charge < -0.3 is 10.1 Å². The van der Waals surface area contributed by atoms with Gasteiger partial charge >= 0.3 is 0 Å². The highest BCUT2D eigenvalue weighted by Crippen LogP contribution is 2.34. The summed E-state index contributed by atoms with van der Waals surface area (Å²) in [5.41, 5.74) is 0.420. The molecule has 0 amide bonds. The molecule has 0 fully saturated rings. The number of likely N-dealkylation sites (N-methyl/N-ethyl adjacent to an activating group) is 1. The van der Waals surface area contributed by atoms with Gasteiger partial charge in [0, 0.05) is 12.1 Å². The van der Waals surface area contributed by atoms with E-state index in [2.05, 4.69) is 5.32 Å². The lowest BCUT2D eigenvalue weighted by Gasteiger charge is -2.06. The molecule has 1 aliphatic heterocycles. The van der Waals surface area contributed by atoms with Crippen molar-refractivity contribution in [3.05, 3.63) is 29.3 Å². The first kappa shape index (κ1) is 8.44. The SMILES string of the molecule is CNC1COc2cc(F)cc(F)c21. The molecule has 2 nitrogen and oxygen atoms in total. The third-order valence-electron chi connectivity index (χ3n) is 2.16. The van der Waals surface area contributed by atoms with Crippen molar-refractivity contribution in [2.24, 2.45) is 0 Å². The van der Waals surface area contributed by atoms with Crippen LogP contribution in [0.3, 0.4) is 0 Å². The van der Waals surface area contributed by atoms with Crippen molar-refractivity contribution in [3.63, 3.8) is 0 Å². The van der Waals surface area contributed by atoms with Crippen LogP contribution in [0.2, 0.25) is 0 Å². The number of benzene rings is 1. The number of fused-ring (bicyclic) bond motifs is 1. The topological polar surface area (TPSA) is 21.3 Å². The number of ether oxygens (including phenoxy) is 1. The Morgan fingerprint density at radius 1 is 1.46 bits per heavy atom. The van der Waals surface area contributed by atoms with Crippen molar-refractivity contribution >= 4 is 0 Å². The van der Waals surface area contributed by atoms with Crippen LogP contribution in [0.5, 0.6) is 5.75 Å². The van der Waals surface area contributed by atoms with Gasteiger partial charge in [-0.05, 0) is 7.05 Å². The molecule has 0 spiro atoms. The Kier molecular flexibility index (Phi) is 1.92. The van der Waals surface area contributed by atoms with Crippen LogP contribution in [0.15, 0.2) is 12.1 Å². The number of nitrogens with one attached hydrogen (secondary N) is 1. The Hall–Kier alpha value is -1.16. The summed E-state index contributed by atoms with van der Waals surface area (Å²) in [6, 6.07) is 1.91. The van der Waals surface area contributed by atoms with E-state index in [0.29, 0.717) is 17.9 Å². The molecular weight excluding hydrogens is 176 g/mol.